The number of carbonyl (C=O) groups is 2. The Morgan fingerprint density at radius 2 is 1.68 bits per heavy atom. The highest BCUT2D eigenvalue weighted by Crippen LogP contribution is 2.25. The molecule has 0 radical (unpaired) electrons. The van der Waals surface area contributed by atoms with Gasteiger partial charge in [-0.2, -0.15) is 0 Å². The Bertz CT molecular complexity index is 891. The van der Waals surface area contributed by atoms with Crippen molar-refractivity contribution in [2.45, 2.75) is 39.2 Å². The number of para-hydroxylation sites is 2. The molecule has 0 spiro atoms. The second kappa shape index (κ2) is 10.8. The molecule has 6 heteroatoms. The lowest BCUT2D eigenvalue weighted by atomic mass is 10.0. The van der Waals surface area contributed by atoms with Crippen LogP contribution >= 0.6 is 0 Å². The van der Waals surface area contributed by atoms with Crippen molar-refractivity contribution in [1.29, 1.82) is 0 Å². The summed E-state index contributed by atoms with van der Waals surface area (Å²) in [5.74, 6) is 0.900. The van der Waals surface area contributed by atoms with Gasteiger partial charge in [-0.05, 0) is 43.0 Å². The summed E-state index contributed by atoms with van der Waals surface area (Å²) in [6.45, 7) is 6.51. The number of anilines is 1. The third kappa shape index (κ3) is 5.78. The summed E-state index contributed by atoms with van der Waals surface area (Å²) in [7, 11) is 1.57. The number of benzene rings is 2. The van der Waals surface area contributed by atoms with Crippen molar-refractivity contribution in [3.63, 3.8) is 0 Å². The van der Waals surface area contributed by atoms with E-state index in [4.69, 9.17) is 4.74 Å². The standard InChI is InChI=1S/C25H33N3O3/c1-4-18(2)17-26-24(29)20-9-5-7-11-22(20)28-15-13-19(14-16-28)27-25(30)21-10-6-8-12-23(21)31-3/h5-12,18-19H,4,13-17H2,1-3H3,(H,26,29)(H,27,30)/t18-/m1/s1. The number of nitrogens with one attached hydrogen (secondary N) is 2. The normalized spacial score (nSPS) is 15.3. The fraction of sp³-hybridized carbons (Fsp3) is 0.440. The highest BCUT2D eigenvalue weighted by atomic mass is 16.5. The largest absolute Gasteiger partial charge is 0.496 e. The molecule has 1 saturated heterocycles. The molecule has 0 aliphatic carbocycles. The van der Waals surface area contributed by atoms with Crippen LogP contribution in [0.3, 0.4) is 0 Å². The Kier molecular flexibility index (Phi) is 7.93. The van der Waals surface area contributed by atoms with Crippen LogP contribution in [-0.4, -0.2) is 44.6 Å². The summed E-state index contributed by atoms with van der Waals surface area (Å²) in [5.41, 5.74) is 2.22. The van der Waals surface area contributed by atoms with Crippen LogP contribution in [0.15, 0.2) is 48.5 Å². The predicted molar refractivity (Wildman–Crippen MR) is 124 cm³/mol. The Balaban J connectivity index is 1.60. The first kappa shape index (κ1) is 22.7. The summed E-state index contributed by atoms with van der Waals surface area (Å²) in [6, 6.07) is 15.1. The van der Waals surface area contributed by atoms with E-state index in [0.717, 1.165) is 38.0 Å². The Hall–Kier alpha value is -3.02. The van der Waals surface area contributed by atoms with Crippen LogP contribution in [0.25, 0.3) is 0 Å². The number of carbonyl (C=O) groups excluding carboxylic acids is 2. The van der Waals surface area contributed by atoms with Crippen LogP contribution in [0.2, 0.25) is 0 Å². The van der Waals surface area contributed by atoms with Gasteiger partial charge in [0.05, 0.1) is 18.2 Å². The molecule has 3 rings (SSSR count). The molecule has 1 aliphatic heterocycles. The summed E-state index contributed by atoms with van der Waals surface area (Å²) >= 11 is 0. The van der Waals surface area contributed by atoms with Crippen molar-refractivity contribution in [3.05, 3.63) is 59.7 Å². The Morgan fingerprint density at radius 1 is 1.03 bits per heavy atom. The van der Waals surface area contributed by atoms with Crippen molar-refractivity contribution in [3.8, 4) is 5.75 Å². The van der Waals surface area contributed by atoms with Crippen LogP contribution < -0.4 is 20.3 Å². The van der Waals surface area contributed by atoms with Gasteiger partial charge < -0.3 is 20.3 Å². The van der Waals surface area contributed by atoms with Gasteiger partial charge in [0.2, 0.25) is 0 Å². The van der Waals surface area contributed by atoms with Crippen LogP contribution in [0.4, 0.5) is 5.69 Å². The molecule has 166 valence electrons. The van der Waals surface area contributed by atoms with Crippen molar-refractivity contribution >= 4 is 17.5 Å². The van der Waals surface area contributed by atoms with Gasteiger partial charge in [-0.1, -0.05) is 44.5 Å². The highest BCUT2D eigenvalue weighted by Gasteiger charge is 2.24. The summed E-state index contributed by atoms with van der Waals surface area (Å²) in [4.78, 5) is 27.7. The number of rotatable bonds is 8. The molecule has 1 aliphatic rings. The minimum atomic E-state index is -0.110. The number of ether oxygens (including phenoxy) is 1. The Morgan fingerprint density at radius 3 is 2.35 bits per heavy atom. The van der Waals surface area contributed by atoms with E-state index in [1.807, 2.05) is 36.4 Å². The van der Waals surface area contributed by atoms with E-state index in [1.165, 1.54) is 0 Å². The summed E-state index contributed by atoms with van der Waals surface area (Å²) in [5, 5.41) is 6.19. The molecule has 1 fully saturated rings. The van der Waals surface area contributed by atoms with E-state index < -0.39 is 0 Å². The number of hydrogen-bond donors (Lipinski definition) is 2. The molecular weight excluding hydrogens is 390 g/mol. The molecule has 0 aromatic heterocycles. The Labute approximate surface area is 185 Å². The van der Waals surface area contributed by atoms with Crippen molar-refractivity contribution in [2.24, 2.45) is 5.92 Å². The highest BCUT2D eigenvalue weighted by molar-refractivity contribution is 6.00. The van der Waals surface area contributed by atoms with E-state index in [2.05, 4.69) is 29.4 Å². The molecule has 0 saturated carbocycles. The summed E-state index contributed by atoms with van der Waals surface area (Å²) in [6.07, 6.45) is 2.68. The van der Waals surface area contributed by atoms with Crippen molar-refractivity contribution < 1.29 is 14.3 Å². The van der Waals surface area contributed by atoms with Gasteiger partial charge in [-0.15, -0.1) is 0 Å². The van der Waals surface area contributed by atoms with Gasteiger partial charge in [0.25, 0.3) is 11.8 Å². The smallest absolute Gasteiger partial charge is 0.255 e. The van der Waals surface area contributed by atoms with Crippen molar-refractivity contribution in [2.75, 3.05) is 31.6 Å². The van der Waals surface area contributed by atoms with E-state index in [1.54, 1.807) is 19.2 Å². The topological polar surface area (TPSA) is 70.7 Å². The average Bonchev–Trinajstić information content (AvgIpc) is 2.82. The van der Waals surface area contributed by atoms with Gasteiger partial charge in [0.15, 0.2) is 0 Å². The maximum atomic E-state index is 12.7. The molecule has 1 heterocycles. The minimum Gasteiger partial charge on any atom is -0.496 e. The van der Waals surface area contributed by atoms with Crippen molar-refractivity contribution in [1.82, 2.24) is 10.6 Å². The van der Waals surface area contributed by atoms with Gasteiger partial charge in [0, 0.05) is 31.4 Å². The molecule has 0 bridgehead atoms. The second-order valence-electron chi connectivity index (χ2n) is 8.18. The lowest BCUT2D eigenvalue weighted by molar-refractivity contribution is 0.0926. The SMILES string of the molecule is CC[C@@H](C)CNC(=O)c1ccccc1N1CCC(NC(=O)c2ccccc2OC)CC1. The number of nitrogens with zero attached hydrogens (tertiary/aromatic N) is 1. The fourth-order valence-electron chi connectivity index (χ4n) is 3.81. The molecule has 2 amide bonds. The summed E-state index contributed by atoms with van der Waals surface area (Å²) < 4.78 is 5.30. The average molecular weight is 424 g/mol. The maximum absolute atomic E-state index is 12.7. The van der Waals surface area contributed by atoms with Crippen LogP contribution in [0, 0.1) is 5.92 Å². The zero-order valence-electron chi connectivity index (χ0n) is 18.7. The zero-order chi connectivity index (χ0) is 22.2. The van der Waals surface area contributed by atoms with Crippen LogP contribution in [0.1, 0.15) is 53.8 Å². The molecule has 1 atom stereocenters. The minimum absolute atomic E-state index is 0.0255. The third-order valence-corrected chi connectivity index (χ3v) is 5.98. The van der Waals surface area contributed by atoms with E-state index in [-0.39, 0.29) is 17.9 Å². The number of methoxy groups -OCH3 is 1. The quantitative estimate of drug-likeness (QED) is 0.676. The first-order valence-electron chi connectivity index (χ1n) is 11.1. The van der Waals surface area contributed by atoms with E-state index in [9.17, 15) is 9.59 Å². The molecule has 31 heavy (non-hydrogen) atoms. The second-order valence-corrected chi connectivity index (χ2v) is 8.18. The first-order valence-corrected chi connectivity index (χ1v) is 11.1. The molecule has 6 nitrogen and oxygen atoms in total. The van der Waals surface area contributed by atoms with E-state index >= 15 is 0 Å². The van der Waals surface area contributed by atoms with Crippen LogP contribution in [0.5, 0.6) is 5.75 Å². The molecule has 2 aromatic carbocycles. The lowest BCUT2D eigenvalue weighted by Crippen LogP contribution is -2.45. The predicted octanol–water partition coefficient (Wildman–Crippen LogP) is 3.87. The number of piperidine rings is 1. The number of hydrogen-bond acceptors (Lipinski definition) is 4. The molecule has 2 aromatic rings. The van der Waals surface area contributed by atoms with Gasteiger partial charge in [0.1, 0.15) is 5.75 Å². The number of amides is 2. The lowest BCUT2D eigenvalue weighted by Gasteiger charge is -2.35. The molecule has 2 N–H and O–H groups in total. The van der Waals surface area contributed by atoms with Gasteiger partial charge in [-0.3, -0.25) is 9.59 Å². The third-order valence-electron chi connectivity index (χ3n) is 5.98. The molecule has 0 unspecified atom stereocenters. The van der Waals surface area contributed by atoms with Crippen LogP contribution in [-0.2, 0) is 0 Å². The van der Waals surface area contributed by atoms with Gasteiger partial charge in [-0.25, -0.2) is 0 Å². The van der Waals surface area contributed by atoms with E-state index in [0.29, 0.717) is 29.3 Å². The monoisotopic (exact) mass is 423 g/mol. The molecular formula is C25H33N3O3. The van der Waals surface area contributed by atoms with Gasteiger partial charge >= 0.3 is 0 Å². The zero-order valence-corrected chi connectivity index (χ0v) is 18.7. The fourth-order valence-corrected chi connectivity index (χ4v) is 3.81. The maximum Gasteiger partial charge on any atom is 0.255 e. The first-order chi connectivity index (χ1) is 15.0.